The van der Waals surface area contributed by atoms with Crippen LogP contribution in [0.3, 0.4) is 0 Å². The van der Waals surface area contributed by atoms with E-state index >= 15 is 4.39 Å². The highest BCUT2D eigenvalue weighted by atomic mass is 32.2. The van der Waals surface area contributed by atoms with Crippen molar-refractivity contribution in [2.75, 3.05) is 6.61 Å². The van der Waals surface area contributed by atoms with Gasteiger partial charge in [0, 0.05) is 16.7 Å². The lowest BCUT2D eigenvalue weighted by atomic mass is 9.44. The van der Waals surface area contributed by atoms with Crippen molar-refractivity contribution in [1.29, 1.82) is 0 Å². The maximum Gasteiger partial charge on any atom is 0.338 e. The van der Waals surface area contributed by atoms with Gasteiger partial charge in [0.1, 0.15) is 5.60 Å². The van der Waals surface area contributed by atoms with E-state index in [0.29, 0.717) is 24.8 Å². The van der Waals surface area contributed by atoms with Gasteiger partial charge in [-0.3, -0.25) is 14.1 Å². The highest BCUT2D eigenvalue weighted by molar-refractivity contribution is 7.85. The Morgan fingerprint density at radius 2 is 1.90 bits per heavy atom. The van der Waals surface area contributed by atoms with Gasteiger partial charge >= 0.3 is 5.97 Å². The first-order chi connectivity index (χ1) is 18.5. The van der Waals surface area contributed by atoms with Crippen molar-refractivity contribution >= 4 is 27.7 Å². The van der Waals surface area contributed by atoms with Crippen molar-refractivity contribution in [2.45, 2.75) is 68.7 Å². The highest BCUT2D eigenvalue weighted by Crippen LogP contribution is 2.70. The van der Waals surface area contributed by atoms with E-state index in [1.54, 1.807) is 20.8 Å². The summed E-state index contributed by atoms with van der Waals surface area (Å²) in [5.74, 6) is -3.86. The van der Waals surface area contributed by atoms with Crippen LogP contribution in [0, 0.1) is 28.6 Å². The van der Waals surface area contributed by atoms with E-state index in [-0.39, 0.29) is 17.8 Å². The molecule has 0 aliphatic heterocycles. The number of alkyl halides is 1. The zero-order chi connectivity index (χ0) is 29.5. The van der Waals surface area contributed by atoms with Crippen LogP contribution in [-0.4, -0.2) is 64.7 Å². The molecule has 0 bridgehead atoms. The molecule has 4 aliphatic carbocycles. The standard InChI is InChI=1S/C29H33FO9S/c1-16-11-22-21-8-7-18-13-19(31)9-10-26(18,2)28(21,30)23(32)14-27(22,3)29(16,35)24(33)15-39-25(34)17-5-4-6-20(12-17)40(36,37)38/h4-6,9-10,12-13,16,21-23,32,35H,7-8,11,14-15H2,1-3H3,(H,36,37,38)/t16-,21+,22-,23+,26-,27-,28+,29+/m0/s1. The lowest BCUT2D eigenvalue weighted by Gasteiger charge is -2.62. The SMILES string of the molecule is C[C@H]1C[C@H]2[C@H]3CCC4=CC(=O)C=C[C@]4(C)[C@]3(F)[C@H](O)C[C@]2(C)[C@]1(O)C(=O)COC(=O)c1cccc(S(=O)(=O)O)c1. The van der Waals surface area contributed by atoms with E-state index in [9.17, 15) is 37.6 Å². The average Bonchev–Trinajstić information content (AvgIpc) is 3.09. The Labute approximate surface area is 231 Å². The van der Waals surface area contributed by atoms with E-state index in [1.807, 2.05) is 0 Å². The molecule has 0 radical (unpaired) electrons. The van der Waals surface area contributed by atoms with Crippen molar-refractivity contribution < 1.29 is 46.7 Å². The normalized spacial score (nSPS) is 40.5. The van der Waals surface area contributed by atoms with Crippen LogP contribution >= 0.6 is 0 Å². The number of carbonyl (C=O) groups is 3. The van der Waals surface area contributed by atoms with Crippen LogP contribution < -0.4 is 0 Å². The molecule has 3 fully saturated rings. The van der Waals surface area contributed by atoms with Gasteiger partial charge < -0.3 is 14.9 Å². The molecule has 8 atom stereocenters. The second kappa shape index (κ2) is 9.14. The van der Waals surface area contributed by atoms with Crippen LogP contribution in [0.15, 0.2) is 53.0 Å². The Morgan fingerprint density at radius 3 is 2.58 bits per heavy atom. The van der Waals surface area contributed by atoms with Crippen molar-refractivity contribution in [2.24, 2.45) is 28.6 Å². The molecule has 11 heteroatoms. The number of esters is 1. The molecule has 0 aromatic heterocycles. The molecular formula is C29H33FO9S. The van der Waals surface area contributed by atoms with Gasteiger partial charge in [0.15, 0.2) is 18.1 Å². The number of ketones is 2. The third-order valence-electron chi connectivity index (χ3n) is 10.3. The third-order valence-corrected chi connectivity index (χ3v) is 11.2. The summed E-state index contributed by atoms with van der Waals surface area (Å²) >= 11 is 0. The number of aliphatic hydroxyl groups excluding tert-OH is 1. The number of fused-ring (bicyclic) bond motifs is 5. The summed E-state index contributed by atoms with van der Waals surface area (Å²) in [6.07, 6.45) is 3.64. The van der Waals surface area contributed by atoms with Crippen LogP contribution in [0.1, 0.15) is 56.8 Å². The van der Waals surface area contributed by atoms with Crippen LogP contribution in [0.4, 0.5) is 4.39 Å². The topological polar surface area (TPSA) is 155 Å². The lowest BCUT2D eigenvalue weighted by Crippen LogP contribution is -2.69. The van der Waals surface area contributed by atoms with E-state index in [2.05, 4.69) is 0 Å². The molecule has 0 amide bonds. The smallest absolute Gasteiger partial charge is 0.338 e. The third kappa shape index (κ3) is 3.81. The first kappa shape index (κ1) is 28.8. The molecule has 3 saturated carbocycles. The van der Waals surface area contributed by atoms with Gasteiger partial charge in [-0.15, -0.1) is 0 Å². The molecule has 0 spiro atoms. The van der Waals surface area contributed by atoms with E-state index < -0.39 is 79.3 Å². The second-order valence-electron chi connectivity index (χ2n) is 12.2. The first-order valence-corrected chi connectivity index (χ1v) is 14.8. The van der Waals surface area contributed by atoms with Gasteiger partial charge in [0.25, 0.3) is 10.1 Å². The van der Waals surface area contributed by atoms with E-state index in [4.69, 9.17) is 4.74 Å². The molecule has 5 rings (SSSR count). The monoisotopic (exact) mass is 576 g/mol. The molecule has 9 nitrogen and oxygen atoms in total. The predicted molar refractivity (Wildman–Crippen MR) is 139 cm³/mol. The number of aliphatic hydroxyl groups is 2. The van der Waals surface area contributed by atoms with Gasteiger partial charge in [-0.1, -0.05) is 31.6 Å². The molecule has 0 unspecified atom stereocenters. The zero-order valence-electron chi connectivity index (χ0n) is 22.5. The number of rotatable bonds is 5. The minimum absolute atomic E-state index is 0.216. The number of hydrogen-bond donors (Lipinski definition) is 3. The summed E-state index contributed by atoms with van der Waals surface area (Å²) in [6.45, 7) is 4.22. The highest BCUT2D eigenvalue weighted by Gasteiger charge is 2.75. The number of hydrogen-bond acceptors (Lipinski definition) is 8. The largest absolute Gasteiger partial charge is 0.454 e. The van der Waals surface area contributed by atoms with Gasteiger partial charge in [-0.25, -0.2) is 9.18 Å². The summed E-state index contributed by atoms with van der Waals surface area (Å²) in [7, 11) is -4.57. The van der Waals surface area contributed by atoms with Crippen molar-refractivity contribution in [3.05, 3.63) is 53.6 Å². The number of carbonyl (C=O) groups excluding carboxylic acids is 3. The number of Topliss-reactive ketones (excluding diaryl/α,β-unsaturated/α-hetero) is 1. The fourth-order valence-corrected chi connectivity index (χ4v) is 8.77. The van der Waals surface area contributed by atoms with Gasteiger partial charge in [0.05, 0.1) is 16.6 Å². The zero-order valence-corrected chi connectivity index (χ0v) is 23.3. The summed E-state index contributed by atoms with van der Waals surface area (Å²) in [5, 5.41) is 23.4. The molecule has 3 N–H and O–H groups in total. The number of ether oxygens (including phenoxy) is 1. The Bertz CT molecular complexity index is 1470. The van der Waals surface area contributed by atoms with Crippen LogP contribution in [0.5, 0.6) is 0 Å². The molecule has 4 aliphatic rings. The van der Waals surface area contributed by atoms with Crippen LogP contribution in [0.25, 0.3) is 0 Å². The van der Waals surface area contributed by atoms with Crippen LogP contribution in [0.2, 0.25) is 0 Å². The quantitative estimate of drug-likeness (QED) is 0.354. The Hall–Kier alpha value is -2.73. The number of halogens is 1. The van der Waals surface area contributed by atoms with Gasteiger partial charge in [0.2, 0.25) is 5.78 Å². The summed E-state index contributed by atoms with van der Waals surface area (Å²) in [6, 6.07) is 4.48. The molecule has 1 aromatic rings. The van der Waals surface area contributed by atoms with Crippen LogP contribution in [-0.2, 0) is 24.4 Å². The average molecular weight is 577 g/mol. The van der Waals surface area contributed by atoms with Gasteiger partial charge in [-0.2, -0.15) is 8.42 Å². The maximum absolute atomic E-state index is 17.3. The molecule has 0 saturated heterocycles. The number of benzene rings is 1. The van der Waals surface area contributed by atoms with E-state index in [1.165, 1.54) is 30.4 Å². The molecule has 1 aromatic carbocycles. The lowest BCUT2D eigenvalue weighted by molar-refractivity contribution is -0.219. The predicted octanol–water partition coefficient (Wildman–Crippen LogP) is 3.01. The maximum atomic E-state index is 17.3. The van der Waals surface area contributed by atoms with Crippen molar-refractivity contribution in [3.8, 4) is 0 Å². The Kier molecular flexibility index (Phi) is 6.58. The Morgan fingerprint density at radius 1 is 1.20 bits per heavy atom. The second-order valence-corrected chi connectivity index (χ2v) is 13.6. The minimum atomic E-state index is -4.57. The fourth-order valence-electron chi connectivity index (χ4n) is 8.25. The van der Waals surface area contributed by atoms with E-state index in [0.717, 1.165) is 12.1 Å². The number of allylic oxidation sites excluding steroid dienone is 4. The summed E-state index contributed by atoms with van der Waals surface area (Å²) in [4.78, 5) is 37.7. The van der Waals surface area contributed by atoms with Crippen molar-refractivity contribution in [1.82, 2.24) is 0 Å². The molecule has 0 heterocycles. The summed E-state index contributed by atoms with van der Waals surface area (Å²) < 4.78 is 54.4. The minimum Gasteiger partial charge on any atom is -0.454 e. The fraction of sp³-hybridized carbons (Fsp3) is 0.552. The summed E-state index contributed by atoms with van der Waals surface area (Å²) in [5.41, 5.74) is -6.17. The Balaban J connectivity index is 1.41. The molecule has 40 heavy (non-hydrogen) atoms. The molecular weight excluding hydrogens is 543 g/mol. The van der Waals surface area contributed by atoms with Crippen molar-refractivity contribution in [3.63, 3.8) is 0 Å². The van der Waals surface area contributed by atoms with Gasteiger partial charge in [-0.05, 0) is 74.8 Å². The first-order valence-electron chi connectivity index (χ1n) is 13.3. The molecule has 216 valence electrons.